The summed E-state index contributed by atoms with van der Waals surface area (Å²) < 4.78 is 0. The van der Waals surface area contributed by atoms with Crippen molar-refractivity contribution in [3.8, 4) is 0 Å². The summed E-state index contributed by atoms with van der Waals surface area (Å²) in [6.45, 7) is 5.43. The van der Waals surface area contributed by atoms with E-state index < -0.39 is 6.04 Å². The number of carbonyl (C=O) groups is 2. The normalized spacial score (nSPS) is 18.9. The highest BCUT2D eigenvalue weighted by atomic mass is 16.2. The van der Waals surface area contributed by atoms with Gasteiger partial charge in [-0.2, -0.15) is 0 Å². The summed E-state index contributed by atoms with van der Waals surface area (Å²) in [5.41, 5.74) is 0.361. The van der Waals surface area contributed by atoms with E-state index in [4.69, 9.17) is 0 Å². The Bertz CT molecular complexity index is 489. The largest absolute Gasteiger partial charge is 0.370 e. The highest BCUT2D eigenvalue weighted by molar-refractivity contribution is 5.96. The van der Waals surface area contributed by atoms with Gasteiger partial charge in [0.25, 0.3) is 5.91 Å². The fourth-order valence-corrected chi connectivity index (χ4v) is 2.04. The Kier molecular flexibility index (Phi) is 3.99. The smallest absolute Gasteiger partial charge is 0.273 e. The zero-order valence-electron chi connectivity index (χ0n) is 11.1. The average Bonchev–Trinajstić information content (AvgIpc) is 2.42. The Labute approximate surface area is 112 Å². The molecule has 0 bridgehead atoms. The minimum Gasteiger partial charge on any atom is -0.370 e. The van der Waals surface area contributed by atoms with Gasteiger partial charge in [-0.05, 0) is 26.0 Å². The van der Waals surface area contributed by atoms with Crippen LogP contribution in [0.15, 0.2) is 18.2 Å². The molecule has 1 atom stereocenters. The lowest BCUT2D eigenvalue weighted by atomic mass is 10.2. The third-order valence-corrected chi connectivity index (χ3v) is 3.09. The third kappa shape index (κ3) is 2.83. The molecule has 6 nitrogen and oxygen atoms in total. The Balaban J connectivity index is 2.18. The molecule has 6 heteroatoms. The standard InChI is InChI=1S/C13H18N4O2/c1-3-14-11-6-4-5-10(16-11)13(19)17-8-7-15-12(18)9(17)2/h4-6,9H,3,7-8H2,1-2H3,(H,14,16)(H,15,18). The predicted molar refractivity (Wildman–Crippen MR) is 71.9 cm³/mol. The maximum atomic E-state index is 12.4. The molecule has 0 aromatic carbocycles. The Morgan fingerprint density at radius 3 is 3.11 bits per heavy atom. The van der Waals surface area contributed by atoms with Crippen molar-refractivity contribution >= 4 is 17.6 Å². The van der Waals surface area contributed by atoms with E-state index in [2.05, 4.69) is 15.6 Å². The molecule has 2 N–H and O–H groups in total. The summed E-state index contributed by atoms with van der Waals surface area (Å²) in [6, 6.07) is 4.81. The van der Waals surface area contributed by atoms with Gasteiger partial charge in [0.2, 0.25) is 5.91 Å². The van der Waals surface area contributed by atoms with E-state index in [-0.39, 0.29) is 11.8 Å². The number of hydrogen-bond donors (Lipinski definition) is 2. The molecule has 2 heterocycles. The number of pyridine rings is 1. The van der Waals surface area contributed by atoms with Crippen LogP contribution in [0, 0.1) is 0 Å². The lowest BCUT2D eigenvalue weighted by Gasteiger charge is -2.32. The highest BCUT2D eigenvalue weighted by Gasteiger charge is 2.30. The van der Waals surface area contributed by atoms with Gasteiger partial charge >= 0.3 is 0 Å². The number of aromatic nitrogens is 1. The Morgan fingerprint density at radius 1 is 1.58 bits per heavy atom. The van der Waals surface area contributed by atoms with Gasteiger partial charge in [0.15, 0.2) is 0 Å². The fourth-order valence-electron chi connectivity index (χ4n) is 2.04. The summed E-state index contributed by atoms with van der Waals surface area (Å²) >= 11 is 0. The Hall–Kier alpha value is -2.11. The minimum absolute atomic E-state index is 0.123. The second-order valence-corrected chi connectivity index (χ2v) is 4.40. The van der Waals surface area contributed by atoms with Crippen molar-refractivity contribution in [3.05, 3.63) is 23.9 Å². The van der Waals surface area contributed by atoms with Crippen molar-refractivity contribution in [1.29, 1.82) is 0 Å². The molecule has 0 saturated carbocycles. The molecule has 19 heavy (non-hydrogen) atoms. The molecule has 1 aliphatic heterocycles. The van der Waals surface area contributed by atoms with Gasteiger partial charge in [0, 0.05) is 19.6 Å². The van der Waals surface area contributed by atoms with Crippen LogP contribution >= 0.6 is 0 Å². The first-order valence-corrected chi connectivity index (χ1v) is 6.43. The van der Waals surface area contributed by atoms with Gasteiger partial charge in [0.1, 0.15) is 17.6 Å². The predicted octanol–water partition coefficient (Wildman–Crippen LogP) is 0.474. The first-order valence-electron chi connectivity index (χ1n) is 6.43. The number of hydrogen-bond acceptors (Lipinski definition) is 4. The fraction of sp³-hybridized carbons (Fsp3) is 0.462. The van der Waals surface area contributed by atoms with Gasteiger partial charge in [-0.1, -0.05) is 6.07 Å². The lowest BCUT2D eigenvalue weighted by Crippen LogP contribution is -2.55. The van der Waals surface area contributed by atoms with E-state index >= 15 is 0 Å². The van der Waals surface area contributed by atoms with E-state index in [1.165, 1.54) is 0 Å². The van der Waals surface area contributed by atoms with Crippen molar-refractivity contribution in [2.24, 2.45) is 0 Å². The molecule has 1 aliphatic rings. The van der Waals surface area contributed by atoms with E-state index in [0.717, 1.165) is 6.54 Å². The van der Waals surface area contributed by atoms with Gasteiger partial charge in [-0.25, -0.2) is 4.98 Å². The van der Waals surface area contributed by atoms with Crippen molar-refractivity contribution in [2.75, 3.05) is 25.0 Å². The molecular weight excluding hydrogens is 244 g/mol. The van der Waals surface area contributed by atoms with Crippen LogP contribution in [-0.4, -0.2) is 47.4 Å². The second kappa shape index (κ2) is 5.69. The molecular formula is C13H18N4O2. The van der Waals surface area contributed by atoms with Crippen LogP contribution in [0.25, 0.3) is 0 Å². The van der Waals surface area contributed by atoms with Crippen molar-refractivity contribution in [2.45, 2.75) is 19.9 Å². The van der Waals surface area contributed by atoms with Gasteiger partial charge < -0.3 is 15.5 Å². The van der Waals surface area contributed by atoms with Crippen molar-refractivity contribution in [3.63, 3.8) is 0 Å². The quantitative estimate of drug-likeness (QED) is 0.830. The molecule has 0 aliphatic carbocycles. The van der Waals surface area contributed by atoms with Crippen molar-refractivity contribution in [1.82, 2.24) is 15.2 Å². The van der Waals surface area contributed by atoms with Gasteiger partial charge in [0.05, 0.1) is 0 Å². The number of anilines is 1. The average molecular weight is 262 g/mol. The summed E-state index contributed by atoms with van der Waals surface area (Å²) in [6.07, 6.45) is 0. The number of carbonyl (C=O) groups excluding carboxylic acids is 2. The van der Waals surface area contributed by atoms with Crippen LogP contribution in [0.5, 0.6) is 0 Å². The minimum atomic E-state index is -0.453. The molecule has 1 fully saturated rings. The molecule has 1 aromatic rings. The molecule has 1 aromatic heterocycles. The van der Waals surface area contributed by atoms with Gasteiger partial charge in [-0.15, -0.1) is 0 Å². The van der Waals surface area contributed by atoms with E-state index in [9.17, 15) is 9.59 Å². The maximum Gasteiger partial charge on any atom is 0.273 e. The van der Waals surface area contributed by atoms with Crippen LogP contribution in [0.3, 0.4) is 0 Å². The molecule has 0 radical (unpaired) electrons. The zero-order chi connectivity index (χ0) is 13.8. The van der Waals surface area contributed by atoms with Crippen LogP contribution < -0.4 is 10.6 Å². The second-order valence-electron chi connectivity index (χ2n) is 4.40. The van der Waals surface area contributed by atoms with Crippen LogP contribution in [0.4, 0.5) is 5.82 Å². The Morgan fingerprint density at radius 2 is 2.37 bits per heavy atom. The highest BCUT2D eigenvalue weighted by Crippen LogP contribution is 2.11. The number of piperazine rings is 1. The summed E-state index contributed by atoms with van der Waals surface area (Å²) in [7, 11) is 0. The molecule has 2 amide bonds. The molecule has 0 spiro atoms. The monoisotopic (exact) mass is 262 g/mol. The summed E-state index contributed by atoms with van der Waals surface area (Å²) in [5, 5.41) is 5.80. The van der Waals surface area contributed by atoms with Crippen molar-refractivity contribution < 1.29 is 9.59 Å². The van der Waals surface area contributed by atoms with E-state index in [1.807, 2.05) is 13.0 Å². The number of amides is 2. The molecule has 1 unspecified atom stereocenters. The lowest BCUT2D eigenvalue weighted by molar-refractivity contribution is -0.127. The first kappa shape index (κ1) is 13.3. The van der Waals surface area contributed by atoms with Crippen LogP contribution in [0.2, 0.25) is 0 Å². The number of nitrogens with one attached hydrogen (secondary N) is 2. The molecule has 102 valence electrons. The SMILES string of the molecule is CCNc1cccc(C(=O)N2CCNC(=O)C2C)n1. The van der Waals surface area contributed by atoms with Crippen LogP contribution in [-0.2, 0) is 4.79 Å². The maximum absolute atomic E-state index is 12.4. The zero-order valence-corrected chi connectivity index (χ0v) is 11.1. The van der Waals surface area contributed by atoms with Crippen LogP contribution in [0.1, 0.15) is 24.3 Å². The summed E-state index contributed by atoms with van der Waals surface area (Å²) in [5.74, 6) is 0.340. The third-order valence-electron chi connectivity index (χ3n) is 3.09. The topological polar surface area (TPSA) is 74.3 Å². The number of nitrogens with zero attached hydrogens (tertiary/aromatic N) is 2. The van der Waals surface area contributed by atoms with E-state index in [1.54, 1.807) is 24.0 Å². The first-order chi connectivity index (χ1) is 9.13. The number of rotatable bonds is 3. The molecule has 2 rings (SSSR count). The summed E-state index contributed by atoms with van der Waals surface area (Å²) in [4.78, 5) is 29.8. The van der Waals surface area contributed by atoms with E-state index in [0.29, 0.717) is 24.6 Å². The molecule has 1 saturated heterocycles. The van der Waals surface area contributed by atoms with Gasteiger partial charge in [-0.3, -0.25) is 9.59 Å².